The van der Waals surface area contributed by atoms with E-state index in [2.05, 4.69) is 30.6 Å². The SMILES string of the molecule is CCN(CC1CN(C(C)C)CCO1)C1CCCCC1CN. The third-order valence-corrected chi connectivity index (χ3v) is 5.39. The molecule has 1 saturated heterocycles. The highest BCUT2D eigenvalue weighted by atomic mass is 16.5. The molecule has 1 aliphatic heterocycles. The van der Waals surface area contributed by atoms with Crippen LogP contribution in [0, 0.1) is 5.92 Å². The number of hydrogen-bond acceptors (Lipinski definition) is 4. The Morgan fingerprint density at radius 3 is 2.71 bits per heavy atom. The molecule has 124 valence electrons. The topological polar surface area (TPSA) is 41.7 Å². The molecule has 0 bridgehead atoms. The van der Waals surface area contributed by atoms with Gasteiger partial charge in [-0.25, -0.2) is 0 Å². The van der Waals surface area contributed by atoms with E-state index in [1.165, 1.54) is 25.7 Å². The maximum absolute atomic E-state index is 6.04. The third kappa shape index (κ3) is 4.65. The van der Waals surface area contributed by atoms with Gasteiger partial charge in [-0.05, 0) is 45.7 Å². The number of likely N-dealkylation sites (N-methyl/N-ethyl adjacent to an activating group) is 1. The molecular formula is C17H35N3O. The van der Waals surface area contributed by atoms with E-state index in [1.54, 1.807) is 0 Å². The van der Waals surface area contributed by atoms with Crippen LogP contribution in [0.5, 0.6) is 0 Å². The molecule has 3 unspecified atom stereocenters. The molecule has 0 aromatic carbocycles. The summed E-state index contributed by atoms with van der Waals surface area (Å²) in [6.45, 7) is 12.9. The first-order valence-electron chi connectivity index (χ1n) is 8.95. The van der Waals surface area contributed by atoms with Crippen LogP contribution in [0.25, 0.3) is 0 Å². The second-order valence-corrected chi connectivity index (χ2v) is 7.02. The van der Waals surface area contributed by atoms with Gasteiger partial charge in [0.2, 0.25) is 0 Å². The van der Waals surface area contributed by atoms with E-state index in [0.717, 1.165) is 39.3 Å². The van der Waals surface area contributed by atoms with Crippen molar-refractivity contribution in [3.8, 4) is 0 Å². The molecular weight excluding hydrogens is 262 g/mol. The molecule has 1 heterocycles. The molecule has 1 aliphatic carbocycles. The smallest absolute Gasteiger partial charge is 0.0829 e. The predicted octanol–water partition coefficient (Wildman–Crippen LogP) is 1.94. The highest BCUT2D eigenvalue weighted by Crippen LogP contribution is 2.28. The van der Waals surface area contributed by atoms with Gasteiger partial charge in [0.15, 0.2) is 0 Å². The minimum atomic E-state index is 0.362. The molecule has 0 aromatic rings. The maximum Gasteiger partial charge on any atom is 0.0829 e. The monoisotopic (exact) mass is 297 g/mol. The number of nitrogens with zero attached hydrogens (tertiary/aromatic N) is 2. The summed E-state index contributed by atoms with van der Waals surface area (Å²) in [4.78, 5) is 5.19. The Hall–Kier alpha value is -0.160. The van der Waals surface area contributed by atoms with Crippen molar-refractivity contribution in [1.29, 1.82) is 0 Å². The van der Waals surface area contributed by atoms with E-state index in [0.29, 0.717) is 24.1 Å². The zero-order chi connectivity index (χ0) is 15.2. The molecule has 0 aromatic heterocycles. The van der Waals surface area contributed by atoms with Crippen LogP contribution in [0.3, 0.4) is 0 Å². The molecule has 1 saturated carbocycles. The van der Waals surface area contributed by atoms with Crippen molar-refractivity contribution in [2.24, 2.45) is 11.7 Å². The first-order valence-corrected chi connectivity index (χ1v) is 8.95. The van der Waals surface area contributed by atoms with Crippen LogP contribution in [0.15, 0.2) is 0 Å². The predicted molar refractivity (Wildman–Crippen MR) is 88.5 cm³/mol. The Morgan fingerprint density at radius 2 is 2.05 bits per heavy atom. The van der Waals surface area contributed by atoms with Gasteiger partial charge in [0.1, 0.15) is 0 Å². The molecule has 4 heteroatoms. The Balaban J connectivity index is 1.91. The highest BCUT2D eigenvalue weighted by Gasteiger charge is 2.31. The molecule has 21 heavy (non-hydrogen) atoms. The summed E-state index contributed by atoms with van der Waals surface area (Å²) in [6.07, 6.45) is 5.71. The zero-order valence-electron chi connectivity index (χ0n) is 14.3. The van der Waals surface area contributed by atoms with Crippen LogP contribution < -0.4 is 5.73 Å². The first kappa shape index (κ1) is 17.2. The number of hydrogen-bond donors (Lipinski definition) is 1. The van der Waals surface area contributed by atoms with Gasteiger partial charge < -0.3 is 10.5 Å². The molecule has 3 atom stereocenters. The lowest BCUT2D eigenvalue weighted by atomic mass is 9.83. The molecule has 0 radical (unpaired) electrons. The second kappa shape index (κ2) is 8.47. The van der Waals surface area contributed by atoms with Crippen LogP contribution >= 0.6 is 0 Å². The van der Waals surface area contributed by atoms with E-state index in [1.807, 2.05) is 0 Å². The number of rotatable bonds is 6. The van der Waals surface area contributed by atoms with Gasteiger partial charge in [0.05, 0.1) is 12.7 Å². The van der Waals surface area contributed by atoms with Crippen LogP contribution in [0.2, 0.25) is 0 Å². The molecule has 0 spiro atoms. The van der Waals surface area contributed by atoms with E-state index in [4.69, 9.17) is 10.5 Å². The average molecular weight is 297 g/mol. The van der Waals surface area contributed by atoms with Gasteiger partial charge in [0, 0.05) is 31.7 Å². The summed E-state index contributed by atoms with van der Waals surface area (Å²) < 4.78 is 6.04. The van der Waals surface area contributed by atoms with Crippen LogP contribution in [-0.2, 0) is 4.74 Å². The van der Waals surface area contributed by atoms with E-state index in [9.17, 15) is 0 Å². The van der Waals surface area contributed by atoms with Crippen molar-refractivity contribution in [2.75, 3.05) is 39.3 Å². The Morgan fingerprint density at radius 1 is 1.29 bits per heavy atom. The fourth-order valence-corrected chi connectivity index (χ4v) is 4.03. The molecule has 2 aliphatic rings. The highest BCUT2D eigenvalue weighted by molar-refractivity contribution is 4.86. The van der Waals surface area contributed by atoms with E-state index in [-0.39, 0.29) is 0 Å². The van der Waals surface area contributed by atoms with Gasteiger partial charge >= 0.3 is 0 Å². The lowest BCUT2D eigenvalue weighted by molar-refractivity contribution is -0.0612. The van der Waals surface area contributed by atoms with Crippen molar-refractivity contribution >= 4 is 0 Å². The average Bonchev–Trinajstić information content (AvgIpc) is 2.52. The number of ether oxygens (including phenoxy) is 1. The summed E-state index contributed by atoms with van der Waals surface area (Å²) in [5.41, 5.74) is 6.01. The van der Waals surface area contributed by atoms with Crippen LogP contribution in [-0.4, -0.2) is 67.3 Å². The lowest BCUT2D eigenvalue weighted by Crippen LogP contribution is -2.53. The van der Waals surface area contributed by atoms with Crippen molar-refractivity contribution in [3.63, 3.8) is 0 Å². The molecule has 2 rings (SSSR count). The maximum atomic E-state index is 6.04. The zero-order valence-corrected chi connectivity index (χ0v) is 14.3. The molecule has 2 fully saturated rings. The first-order chi connectivity index (χ1) is 10.2. The van der Waals surface area contributed by atoms with Gasteiger partial charge in [-0.15, -0.1) is 0 Å². The van der Waals surface area contributed by atoms with Crippen LogP contribution in [0.4, 0.5) is 0 Å². The minimum absolute atomic E-state index is 0.362. The summed E-state index contributed by atoms with van der Waals surface area (Å²) in [5, 5.41) is 0. The van der Waals surface area contributed by atoms with Crippen molar-refractivity contribution in [1.82, 2.24) is 9.80 Å². The van der Waals surface area contributed by atoms with Crippen LogP contribution in [0.1, 0.15) is 46.5 Å². The molecule has 4 nitrogen and oxygen atoms in total. The Kier molecular flexibility index (Phi) is 6.93. The normalized spacial score (nSPS) is 32.0. The van der Waals surface area contributed by atoms with Gasteiger partial charge in [-0.2, -0.15) is 0 Å². The van der Waals surface area contributed by atoms with Crippen molar-refractivity contribution < 1.29 is 4.74 Å². The Bertz CT molecular complexity index is 298. The lowest BCUT2D eigenvalue weighted by Gasteiger charge is -2.43. The minimum Gasteiger partial charge on any atom is -0.374 e. The standard InChI is InChI=1S/C17H35N3O/c1-4-19(17-8-6-5-7-15(17)11-18)12-16-13-20(14(2)3)9-10-21-16/h14-17H,4-13,18H2,1-3H3. The largest absolute Gasteiger partial charge is 0.374 e. The quantitative estimate of drug-likeness (QED) is 0.813. The third-order valence-electron chi connectivity index (χ3n) is 5.39. The number of nitrogens with two attached hydrogens (primary N) is 1. The second-order valence-electron chi connectivity index (χ2n) is 7.02. The van der Waals surface area contributed by atoms with Gasteiger partial charge in [-0.3, -0.25) is 9.80 Å². The van der Waals surface area contributed by atoms with Crippen molar-refractivity contribution in [3.05, 3.63) is 0 Å². The summed E-state index contributed by atoms with van der Waals surface area (Å²) >= 11 is 0. The summed E-state index contributed by atoms with van der Waals surface area (Å²) in [7, 11) is 0. The van der Waals surface area contributed by atoms with E-state index >= 15 is 0 Å². The van der Waals surface area contributed by atoms with E-state index < -0.39 is 0 Å². The summed E-state index contributed by atoms with van der Waals surface area (Å²) in [5.74, 6) is 0.684. The number of morpholine rings is 1. The fraction of sp³-hybridized carbons (Fsp3) is 1.00. The van der Waals surface area contributed by atoms with Gasteiger partial charge in [0.25, 0.3) is 0 Å². The fourth-order valence-electron chi connectivity index (χ4n) is 4.03. The molecule has 2 N–H and O–H groups in total. The summed E-state index contributed by atoms with van der Waals surface area (Å²) in [6, 6.07) is 1.30. The molecule has 0 amide bonds. The van der Waals surface area contributed by atoms with Crippen molar-refractivity contribution in [2.45, 2.75) is 64.6 Å². The Labute approximate surface area is 131 Å². The van der Waals surface area contributed by atoms with Gasteiger partial charge in [-0.1, -0.05) is 19.8 Å².